The monoisotopic (exact) mass is 372 g/mol. The van der Waals surface area contributed by atoms with Gasteiger partial charge in [-0.25, -0.2) is 9.67 Å². The quantitative estimate of drug-likeness (QED) is 0.720. The van der Waals surface area contributed by atoms with E-state index in [1.54, 1.807) is 33.6 Å². The van der Waals surface area contributed by atoms with Crippen LogP contribution < -0.4 is 5.32 Å². The normalized spacial score (nSPS) is 16.2. The van der Waals surface area contributed by atoms with E-state index in [2.05, 4.69) is 26.8 Å². The highest BCUT2D eigenvalue weighted by Gasteiger charge is 2.43. The molecule has 7 heteroatoms. The minimum Gasteiger partial charge on any atom is -0.355 e. The summed E-state index contributed by atoms with van der Waals surface area (Å²) in [5.41, 5.74) is 0.684. The lowest BCUT2D eigenvalue weighted by Gasteiger charge is -2.26. The molecule has 3 aromatic heterocycles. The molecule has 1 aliphatic rings. The summed E-state index contributed by atoms with van der Waals surface area (Å²) in [6, 6.07) is 6.03. The maximum Gasteiger partial charge on any atom is 0.231 e. The number of carbonyl (C=O) groups excluding carboxylic acids is 1. The Morgan fingerprint density at radius 2 is 2.16 bits per heavy atom. The van der Waals surface area contributed by atoms with Crippen LogP contribution in [0.1, 0.15) is 36.3 Å². The van der Waals surface area contributed by atoms with Crippen molar-refractivity contribution in [1.82, 2.24) is 20.1 Å². The van der Waals surface area contributed by atoms with Crippen LogP contribution in [0.2, 0.25) is 0 Å². The molecule has 1 N–H and O–H groups in total. The summed E-state index contributed by atoms with van der Waals surface area (Å²) in [6.45, 7) is 0.619. The summed E-state index contributed by atoms with van der Waals surface area (Å²) in [7, 11) is 0. The number of hydrogen-bond acceptors (Lipinski definition) is 5. The number of thiophene rings is 1. The standard InChI is InChI=1S/C18H20N4OS2/c23-16(18(7-1-2-8-18)15-5-3-12-24-15)19-10-6-14-13-25-17(21-14)22-11-4-9-20-22/h3-5,9,11-13H,1-2,6-8,10H2,(H,19,23). The van der Waals surface area contributed by atoms with Crippen molar-refractivity contribution in [3.05, 3.63) is 51.9 Å². The van der Waals surface area contributed by atoms with E-state index < -0.39 is 0 Å². The average Bonchev–Trinajstić information content (AvgIpc) is 3.43. The second kappa shape index (κ2) is 7.09. The Balaban J connectivity index is 1.37. The van der Waals surface area contributed by atoms with E-state index in [-0.39, 0.29) is 11.3 Å². The number of aromatic nitrogens is 3. The summed E-state index contributed by atoms with van der Waals surface area (Å²) in [5.74, 6) is 0.176. The second-order valence-corrected chi connectivity index (χ2v) is 8.13. The molecule has 1 aliphatic carbocycles. The highest BCUT2D eigenvalue weighted by molar-refractivity contribution is 7.12. The van der Waals surface area contributed by atoms with Gasteiger partial charge in [-0.1, -0.05) is 18.9 Å². The molecule has 0 aliphatic heterocycles. The molecule has 1 fully saturated rings. The number of nitrogens with zero attached hydrogens (tertiary/aromatic N) is 3. The van der Waals surface area contributed by atoms with Crippen molar-refractivity contribution in [2.75, 3.05) is 6.54 Å². The van der Waals surface area contributed by atoms with Gasteiger partial charge in [0.15, 0.2) is 0 Å². The molecule has 3 aromatic rings. The van der Waals surface area contributed by atoms with E-state index in [0.717, 1.165) is 42.9 Å². The van der Waals surface area contributed by atoms with Crippen LogP contribution in [0.5, 0.6) is 0 Å². The fourth-order valence-electron chi connectivity index (χ4n) is 3.49. The highest BCUT2D eigenvalue weighted by Crippen LogP contribution is 2.43. The fraction of sp³-hybridized carbons (Fsp3) is 0.389. The Labute approximate surface area is 154 Å². The third-order valence-electron chi connectivity index (χ3n) is 4.79. The van der Waals surface area contributed by atoms with Gasteiger partial charge in [-0.15, -0.1) is 22.7 Å². The van der Waals surface area contributed by atoms with Gasteiger partial charge in [-0.2, -0.15) is 5.10 Å². The number of carbonyl (C=O) groups is 1. The van der Waals surface area contributed by atoms with Crippen molar-refractivity contribution in [3.8, 4) is 5.13 Å². The van der Waals surface area contributed by atoms with Crippen molar-refractivity contribution in [2.45, 2.75) is 37.5 Å². The van der Waals surface area contributed by atoms with Crippen molar-refractivity contribution in [1.29, 1.82) is 0 Å². The van der Waals surface area contributed by atoms with Crippen LogP contribution in [0.25, 0.3) is 5.13 Å². The minimum absolute atomic E-state index is 0.176. The molecule has 1 amide bonds. The number of rotatable bonds is 6. The third-order valence-corrected chi connectivity index (χ3v) is 6.74. The maximum atomic E-state index is 12.9. The molecule has 1 saturated carbocycles. The van der Waals surface area contributed by atoms with E-state index in [1.165, 1.54) is 4.88 Å². The summed E-state index contributed by atoms with van der Waals surface area (Å²) in [4.78, 5) is 18.7. The predicted octanol–water partition coefficient (Wildman–Crippen LogP) is 3.56. The Morgan fingerprint density at radius 3 is 2.88 bits per heavy atom. The zero-order chi connectivity index (χ0) is 17.1. The second-order valence-electron chi connectivity index (χ2n) is 6.34. The first-order valence-corrected chi connectivity index (χ1v) is 10.3. The van der Waals surface area contributed by atoms with Gasteiger partial charge in [0.05, 0.1) is 11.1 Å². The first-order chi connectivity index (χ1) is 12.3. The lowest BCUT2D eigenvalue weighted by atomic mass is 9.83. The number of amides is 1. The van der Waals surface area contributed by atoms with Gasteiger partial charge in [0.25, 0.3) is 0 Å². The molecular formula is C18H20N4OS2. The fourth-order valence-corrected chi connectivity index (χ4v) is 5.27. The smallest absolute Gasteiger partial charge is 0.231 e. The molecule has 0 saturated heterocycles. The zero-order valence-corrected chi connectivity index (χ0v) is 15.5. The van der Waals surface area contributed by atoms with Crippen molar-refractivity contribution >= 4 is 28.6 Å². The van der Waals surface area contributed by atoms with Crippen LogP contribution in [-0.2, 0) is 16.6 Å². The van der Waals surface area contributed by atoms with Crippen LogP contribution in [-0.4, -0.2) is 27.2 Å². The SMILES string of the molecule is O=C(NCCc1csc(-n2cccn2)n1)C1(c2cccs2)CCCC1. The lowest BCUT2D eigenvalue weighted by molar-refractivity contribution is -0.126. The van der Waals surface area contributed by atoms with Crippen molar-refractivity contribution in [2.24, 2.45) is 0 Å². The van der Waals surface area contributed by atoms with Gasteiger partial charge >= 0.3 is 0 Å². The number of thiazole rings is 1. The number of nitrogens with one attached hydrogen (secondary N) is 1. The molecule has 3 heterocycles. The molecule has 0 aromatic carbocycles. The van der Waals surface area contributed by atoms with Crippen LogP contribution in [0.4, 0.5) is 0 Å². The van der Waals surface area contributed by atoms with E-state index in [1.807, 2.05) is 23.7 Å². The molecule has 25 heavy (non-hydrogen) atoms. The van der Waals surface area contributed by atoms with Crippen molar-refractivity contribution < 1.29 is 4.79 Å². The third kappa shape index (κ3) is 3.26. The Morgan fingerprint density at radius 1 is 1.28 bits per heavy atom. The van der Waals surface area contributed by atoms with Crippen LogP contribution in [0, 0.1) is 0 Å². The van der Waals surface area contributed by atoms with Gasteiger partial charge in [-0.3, -0.25) is 4.79 Å². The van der Waals surface area contributed by atoms with Gasteiger partial charge < -0.3 is 5.32 Å². The Hall–Kier alpha value is -1.99. The zero-order valence-electron chi connectivity index (χ0n) is 13.9. The number of hydrogen-bond donors (Lipinski definition) is 1. The topological polar surface area (TPSA) is 59.8 Å². The molecule has 0 unspecified atom stereocenters. The molecule has 0 atom stereocenters. The first-order valence-electron chi connectivity index (χ1n) is 8.55. The predicted molar refractivity (Wildman–Crippen MR) is 100 cm³/mol. The lowest BCUT2D eigenvalue weighted by Crippen LogP contribution is -2.42. The van der Waals surface area contributed by atoms with Crippen LogP contribution >= 0.6 is 22.7 Å². The summed E-state index contributed by atoms with van der Waals surface area (Å²) < 4.78 is 1.76. The summed E-state index contributed by atoms with van der Waals surface area (Å²) in [6.07, 6.45) is 8.54. The van der Waals surface area contributed by atoms with Crippen LogP contribution in [0.15, 0.2) is 41.4 Å². The minimum atomic E-state index is -0.309. The van der Waals surface area contributed by atoms with E-state index in [4.69, 9.17) is 0 Å². The van der Waals surface area contributed by atoms with E-state index in [9.17, 15) is 4.79 Å². The molecule has 0 radical (unpaired) electrons. The first kappa shape index (κ1) is 16.5. The largest absolute Gasteiger partial charge is 0.355 e. The Bertz CT molecular complexity index is 817. The summed E-state index contributed by atoms with van der Waals surface area (Å²) >= 11 is 3.26. The molecule has 0 spiro atoms. The molecule has 130 valence electrons. The molecular weight excluding hydrogens is 352 g/mol. The molecule has 0 bridgehead atoms. The van der Waals surface area contributed by atoms with Gasteiger partial charge in [-0.05, 0) is 30.4 Å². The average molecular weight is 373 g/mol. The molecule has 5 nitrogen and oxygen atoms in total. The highest BCUT2D eigenvalue weighted by atomic mass is 32.1. The van der Waals surface area contributed by atoms with Gasteiger partial charge in [0.2, 0.25) is 11.0 Å². The Kier molecular flexibility index (Phi) is 4.67. The van der Waals surface area contributed by atoms with Crippen LogP contribution in [0.3, 0.4) is 0 Å². The molecule has 4 rings (SSSR count). The van der Waals surface area contributed by atoms with E-state index in [0.29, 0.717) is 6.54 Å². The van der Waals surface area contributed by atoms with Crippen molar-refractivity contribution in [3.63, 3.8) is 0 Å². The van der Waals surface area contributed by atoms with Gasteiger partial charge in [0.1, 0.15) is 0 Å². The maximum absolute atomic E-state index is 12.9. The van der Waals surface area contributed by atoms with E-state index >= 15 is 0 Å². The van der Waals surface area contributed by atoms with Gasteiger partial charge in [0, 0.05) is 35.6 Å². The summed E-state index contributed by atoms with van der Waals surface area (Å²) in [5, 5.41) is 12.3.